The summed E-state index contributed by atoms with van der Waals surface area (Å²) in [6.07, 6.45) is 0.0187. The van der Waals surface area contributed by atoms with Gasteiger partial charge in [-0.05, 0) is 67.3 Å². The molecule has 2 aromatic rings. The minimum absolute atomic E-state index is 0.0554. The van der Waals surface area contributed by atoms with Crippen LogP contribution in [0.5, 0.6) is 11.5 Å². The van der Waals surface area contributed by atoms with E-state index in [1.165, 1.54) is 45.9 Å². The van der Waals surface area contributed by atoms with Gasteiger partial charge in [0.05, 0.1) is 8.95 Å². The van der Waals surface area contributed by atoms with Crippen LogP contribution in [-0.4, -0.2) is 76.3 Å². The lowest BCUT2D eigenvalue weighted by molar-refractivity contribution is -0.115. The molecule has 0 radical (unpaired) electrons. The third-order valence-corrected chi connectivity index (χ3v) is 8.79. The maximum absolute atomic E-state index is 12.3. The summed E-state index contributed by atoms with van der Waals surface area (Å²) in [5.74, 6) is -0.144. The van der Waals surface area contributed by atoms with Gasteiger partial charge in [-0.3, -0.25) is 14.1 Å². The molecule has 2 rings (SSSR count). The monoisotopic (exact) mass is 742 g/mol. The second-order valence-electron chi connectivity index (χ2n) is 7.66. The molecular formula is C22H24Br2N4O9S3. The van der Waals surface area contributed by atoms with E-state index in [1.807, 2.05) is 0 Å². The Hall–Kier alpha value is -2.51. The highest BCUT2D eigenvalue weighted by Crippen LogP contribution is 2.27. The molecule has 6 N–H and O–H groups in total. The summed E-state index contributed by atoms with van der Waals surface area (Å²) in [5.41, 5.74) is 0.936. The molecule has 0 aromatic heterocycles. The molecule has 0 spiro atoms. The average molecular weight is 744 g/mol. The number of carbonyl (C=O) groups is 2. The highest BCUT2D eigenvalue weighted by atomic mass is 79.9. The smallest absolute Gasteiger partial charge is 0.446 e. The number of benzene rings is 2. The molecule has 0 saturated carbocycles. The molecule has 2 amide bonds. The largest absolute Gasteiger partial charge is 0.507 e. The van der Waals surface area contributed by atoms with Crippen molar-refractivity contribution in [2.24, 2.45) is 10.3 Å². The summed E-state index contributed by atoms with van der Waals surface area (Å²) < 4.78 is 35.5. The van der Waals surface area contributed by atoms with E-state index >= 15 is 0 Å². The fourth-order valence-corrected chi connectivity index (χ4v) is 6.17. The third-order valence-electron chi connectivity index (χ3n) is 4.74. The van der Waals surface area contributed by atoms with E-state index in [1.54, 1.807) is 12.1 Å². The Balaban J connectivity index is 1.66. The SMILES string of the molecule is O=C(NCCSSCCNC(=O)/C(Cc1ccc(OS(=O)(=O)O)c(Br)c1)=N\O)/C(Cc1ccc(O)c(Br)c1)=N\O. The van der Waals surface area contributed by atoms with E-state index in [-0.39, 0.29) is 46.8 Å². The molecule has 0 aliphatic rings. The molecule has 13 nitrogen and oxygen atoms in total. The molecular weight excluding hydrogens is 720 g/mol. The normalized spacial score (nSPS) is 12.2. The van der Waals surface area contributed by atoms with Crippen LogP contribution in [0.1, 0.15) is 11.1 Å². The predicted molar refractivity (Wildman–Crippen MR) is 159 cm³/mol. The standard InChI is InChI=1S/C22H24Br2N4O9S3/c23-15-9-13(1-3-19(15)29)11-17(27-32)21(30)25-5-7-38-39-8-6-26-22(31)18(28-33)12-14-2-4-20(16(24)10-14)37-40(34,35)36/h1-4,9-10,29,32-33H,5-8,11-12H2,(H,25,30)(H,26,31)(H,34,35,36)/b27-17-,28-18-. The van der Waals surface area contributed by atoms with Crippen molar-refractivity contribution in [3.05, 3.63) is 56.5 Å². The minimum Gasteiger partial charge on any atom is -0.507 e. The Kier molecular flexibility index (Phi) is 14.1. The van der Waals surface area contributed by atoms with Crippen LogP contribution in [0.25, 0.3) is 0 Å². The van der Waals surface area contributed by atoms with E-state index < -0.39 is 22.2 Å². The third kappa shape index (κ3) is 11.9. The van der Waals surface area contributed by atoms with Gasteiger partial charge in [0.1, 0.15) is 17.2 Å². The highest BCUT2D eigenvalue weighted by molar-refractivity contribution is 9.11. The Morgan fingerprint density at radius 1 is 0.850 bits per heavy atom. The Morgan fingerprint density at radius 2 is 1.32 bits per heavy atom. The number of phenolic OH excluding ortho intramolecular Hbond substituents is 1. The van der Waals surface area contributed by atoms with Crippen molar-refractivity contribution < 1.29 is 42.3 Å². The highest BCUT2D eigenvalue weighted by Gasteiger charge is 2.16. The van der Waals surface area contributed by atoms with Crippen LogP contribution in [0.15, 0.2) is 55.7 Å². The first-order valence-electron chi connectivity index (χ1n) is 11.1. The summed E-state index contributed by atoms with van der Waals surface area (Å²) in [4.78, 5) is 24.6. The first-order valence-corrected chi connectivity index (χ1v) is 16.5. The lowest BCUT2D eigenvalue weighted by atomic mass is 10.1. The molecule has 0 heterocycles. The summed E-state index contributed by atoms with van der Waals surface area (Å²) in [5, 5.41) is 39.4. The van der Waals surface area contributed by atoms with Crippen molar-refractivity contribution in [1.29, 1.82) is 0 Å². The fourth-order valence-electron chi connectivity index (χ4n) is 2.94. The van der Waals surface area contributed by atoms with E-state index in [0.717, 1.165) is 0 Å². The number of amides is 2. The van der Waals surface area contributed by atoms with Crippen LogP contribution in [0.2, 0.25) is 0 Å². The summed E-state index contributed by atoms with van der Waals surface area (Å²) in [6.45, 7) is 0.586. The van der Waals surface area contributed by atoms with Gasteiger partial charge < -0.3 is 30.3 Å². The maximum atomic E-state index is 12.3. The molecule has 0 fully saturated rings. The van der Waals surface area contributed by atoms with Gasteiger partial charge in [0.2, 0.25) is 0 Å². The fraction of sp³-hybridized carbons (Fsp3) is 0.273. The van der Waals surface area contributed by atoms with E-state index in [0.29, 0.717) is 33.7 Å². The molecule has 18 heteroatoms. The lowest BCUT2D eigenvalue weighted by Gasteiger charge is -2.09. The van der Waals surface area contributed by atoms with Crippen LogP contribution in [0.4, 0.5) is 0 Å². The van der Waals surface area contributed by atoms with Crippen LogP contribution in [0.3, 0.4) is 0 Å². The van der Waals surface area contributed by atoms with Crippen LogP contribution < -0.4 is 14.8 Å². The number of nitrogens with one attached hydrogen (secondary N) is 2. The first-order chi connectivity index (χ1) is 18.9. The zero-order chi connectivity index (χ0) is 29.7. The number of aromatic hydroxyl groups is 1. The number of rotatable bonds is 15. The predicted octanol–water partition coefficient (Wildman–Crippen LogP) is 3.16. The zero-order valence-electron chi connectivity index (χ0n) is 20.4. The van der Waals surface area contributed by atoms with Crippen molar-refractivity contribution in [1.82, 2.24) is 10.6 Å². The van der Waals surface area contributed by atoms with Crippen LogP contribution >= 0.6 is 53.4 Å². The van der Waals surface area contributed by atoms with Gasteiger partial charge >= 0.3 is 10.4 Å². The van der Waals surface area contributed by atoms with Gasteiger partial charge in [0.15, 0.2) is 5.75 Å². The van der Waals surface area contributed by atoms with Gasteiger partial charge in [-0.15, -0.1) is 0 Å². The van der Waals surface area contributed by atoms with Gasteiger partial charge in [-0.25, -0.2) is 0 Å². The van der Waals surface area contributed by atoms with Crippen LogP contribution in [0, 0.1) is 0 Å². The Bertz CT molecular complexity index is 1380. The number of hydrogen-bond acceptors (Lipinski definition) is 12. The number of nitrogens with zero attached hydrogens (tertiary/aromatic N) is 2. The van der Waals surface area contributed by atoms with Gasteiger partial charge in [0.25, 0.3) is 11.8 Å². The van der Waals surface area contributed by atoms with Crippen molar-refractivity contribution in [3.8, 4) is 11.5 Å². The summed E-state index contributed by atoms with van der Waals surface area (Å²) in [6, 6.07) is 8.86. The van der Waals surface area contributed by atoms with E-state index in [2.05, 4.69) is 57.0 Å². The molecule has 0 bridgehead atoms. The van der Waals surface area contributed by atoms with Crippen LogP contribution in [-0.2, 0) is 32.8 Å². The molecule has 0 saturated heterocycles. The van der Waals surface area contributed by atoms with Gasteiger partial charge in [-0.1, -0.05) is 44.0 Å². The topological polar surface area (TPSA) is 207 Å². The van der Waals surface area contributed by atoms with Gasteiger partial charge in [0, 0.05) is 37.4 Å². The molecule has 0 unspecified atom stereocenters. The molecule has 0 aliphatic heterocycles. The van der Waals surface area contributed by atoms with Crippen molar-refractivity contribution in [2.75, 3.05) is 24.6 Å². The number of carbonyl (C=O) groups excluding carboxylic acids is 2. The number of phenols is 1. The zero-order valence-corrected chi connectivity index (χ0v) is 26.0. The lowest BCUT2D eigenvalue weighted by Crippen LogP contribution is -2.34. The second-order valence-corrected chi connectivity index (χ2v) is 13.1. The molecule has 0 aliphatic carbocycles. The second kappa shape index (κ2) is 16.7. The van der Waals surface area contributed by atoms with E-state index in [4.69, 9.17) is 4.55 Å². The minimum atomic E-state index is -4.70. The Labute approximate surface area is 254 Å². The average Bonchev–Trinajstić information content (AvgIpc) is 2.89. The molecule has 2 aromatic carbocycles. The van der Waals surface area contributed by atoms with Crippen molar-refractivity contribution in [2.45, 2.75) is 12.8 Å². The Morgan fingerprint density at radius 3 is 1.75 bits per heavy atom. The molecule has 0 atom stereocenters. The van der Waals surface area contributed by atoms with Crippen molar-refractivity contribution >= 4 is 87.1 Å². The number of halogens is 2. The quantitative estimate of drug-likeness (QED) is 0.0390. The molecule has 40 heavy (non-hydrogen) atoms. The van der Waals surface area contributed by atoms with E-state index in [9.17, 15) is 33.5 Å². The molecule has 218 valence electrons. The number of hydrogen-bond donors (Lipinski definition) is 6. The van der Waals surface area contributed by atoms with Crippen molar-refractivity contribution in [3.63, 3.8) is 0 Å². The number of oxime groups is 2. The summed E-state index contributed by atoms with van der Waals surface area (Å²) >= 11 is 6.29. The summed E-state index contributed by atoms with van der Waals surface area (Å²) in [7, 11) is -1.80. The van der Waals surface area contributed by atoms with Gasteiger partial charge in [-0.2, -0.15) is 8.42 Å². The maximum Gasteiger partial charge on any atom is 0.446 e. The first kappa shape index (κ1) is 33.7.